The normalized spacial score (nSPS) is 10.5. The lowest BCUT2D eigenvalue weighted by molar-refractivity contribution is 0.102. The summed E-state index contributed by atoms with van der Waals surface area (Å²) >= 11 is 1.39. The fraction of sp³-hybridized carbons (Fsp3) is 0.118. The highest BCUT2D eigenvalue weighted by Gasteiger charge is 2.10. The van der Waals surface area contributed by atoms with Gasteiger partial charge in [-0.25, -0.2) is 4.98 Å². The minimum Gasteiger partial charge on any atom is -0.494 e. The number of ether oxygens (including phenoxy) is 1. The van der Waals surface area contributed by atoms with E-state index in [9.17, 15) is 9.59 Å². The maximum atomic E-state index is 12.2. The van der Waals surface area contributed by atoms with Crippen LogP contribution in [0.1, 0.15) is 27.6 Å². The monoisotopic (exact) mass is 326 g/mol. The first-order valence-corrected chi connectivity index (χ1v) is 7.91. The zero-order valence-electron chi connectivity index (χ0n) is 12.4. The number of thiazole rings is 1. The number of benzene rings is 2. The van der Waals surface area contributed by atoms with Gasteiger partial charge in [-0.1, -0.05) is 23.5 Å². The largest absolute Gasteiger partial charge is 0.494 e. The lowest BCUT2D eigenvalue weighted by Crippen LogP contribution is -2.11. The third kappa shape index (κ3) is 3.37. The zero-order chi connectivity index (χ0) is 16.2. The lowest BCUT2D eigenvalue weighted by Gasteiger charge is -2.01. The molecule has 0 saturated heterocycles. The molecule has 1 amide bonds. The van der Waals surface area contributed by atoms with Crippen LogP contribution in [0.4, 0.5) is 5.13 Å². The Balaban J connectivity index is 1.79. The van der Waals surface area contributed by atoms with Gasteiger partial charge in [-0.3, -0.25) is 14.9 Å². The molecule has 0 bridgehead atoms. The Bertz CT molecular complexity index is 856. The van der Waals surface area contributed by atoms with Crippen molar-refractivity contribution in [3.05, 3.63) is 53.6 Å². The second kappa shape index (κ2) is 6.58. The molecule has 0 aliphatic rings. The van der Waals surface area contributed by atoms with Crippen molar-refractivity contribution in [1.29, 1.82) is 0 Å². The Morgan fingerprint density at radius 1 is 1.26 bits per heavy atom. The minimum absolute atomic E-state index is 0.258. The molecule has 0 aliphatic carbocycles. The molecule has 5 nitrogen and oxygen atoms in total. The van der Waals surface area contributed by atoms with Gasteiger partial charge in [0.2, 0.25) is 0 Å². The van der Waals surface area contributed by atoms with Crippen molar-refractivity contribution < 1.29 is 14.3 Å². The second-order valence-electron chi connectivity index (χ2n) is 4.78. The van der Waals surface area contributed by atoms with Gasteiger partial charge in [-0.15, -0.1) is 0 Å². The molecule has 6 heteroatoms. The molecule has 1 N–H and O–H groups in total. The van der Waals surface area contributed by atoms with Crippen LogP contribution in [-0.2, 0) is 0 Å². The molecule has 0 atom stereocenters. The summed E-state index contributed by atoms with van der Waals surface area (Å²) in [7, 11) is 0. The average Bonchev–Trinajstić information content (AvgIpc) is 2.96. The number of aromatic nitrogens is 1. The Labute approximate surface area is 136 Å². The van der Waals surface area contributed by atoms with Gasteiger partial charge >= 0.3 is 0 Å². The van der Waals surface area contributed by atoms with Crippen LogP contribution in [0.3, 0.4) is 0 Å². The fourth-order valence-electron chi connectivity index (χ4n) is 2.10. The van der Waals surface area contributed by atoms with Gasteiger partial charge in [0.1, 0.15) is 12.0 Å². The van der Waals surface area contributed by atoms with Crippen molar-refractivity contribution in [2.75, 3.05) is 11.9 Å². The molecule has 2 aromatic carbocycles. The number of carbonyl (C=O) groups is 2. The number of nitrogens with one attached hydrogen (secondary N) is 1. The van der Waals surface area contributed by atoms with Gasteiger partial charge in [-0.05, 0) is 37.3 Å². The molecular weight excluding hydrogens is 312 g/mol. The Morgan fingerprint density at radius 3 is 2.74 bits per heavy atom. The molecule has 3 aromatic rings. The predicted octanol–water partition coefficient (Wildman–Crippen LogP) is 3.76. The molecule has 23 heavy (non-hydrogen) atoms. The Kier molecular flexibility index (Phi) is 4.34. The molecular formula is C17H14N2O3S. The quantitative estimate of drug-likeness (QED) is 0.725. The Hall–Kier alpha value is -2.73. The Morgan fingerprint density at radius 2 is 2.04 bits per heavy atom. The second-order valence-corrected chi connectivity index (χ2v) is 5.81. The van der Waals surface area contributed by atoms with Crippen LogP contribution in [-0.4, -0.2) is 23.8 Å². The molecule has 0 spiro atoms. The maximum absolute atomic E-state index is 12.2. The van der Waals surface area contributed by atoms with Crippen LogP contribution < -0.4 is 10.1 Å². The standard InChI is InChI=1S/C17H14N2O3S/c1-2-22-13-7-8-14-15(9-13)23-17(18-14)19-16(21)12-5-3-11(10-20)4-6-12/h3-10H,2H2,1H3,(H,18,19,21). The van der Waals surface area contributed by atoms with Crippen molar-refractivity contribution in [2.24, 2.45) is 0 Å². The van der Waals surface area contributed by atoms with E-state index < -0.39 is 0 Å². The van der Waals surface area contributed by atoms with Crippen LogP contribution in [0.5, 0.6) is 5.75 Å². The first-order chi connectivity index (χ1) is 11.2. The van der Waals surface area contributed by atoms with Crippen molar-refractivity contribution in [1.82, 2.24) is 4.98 Å². The number of aldehydes is 1. The number of hydrogen-bond donors (Lipinski definition) is 1. The van der Waals surface area contributed by atoms with E-state index in [0.29, 0.717) is 22.9 Å². The summed E-state index contributed by atoms with van der Waals surface area (Å²) in [5.41, 5.74) is 1.82. The van der Waals surface area contributed by atoms with E-state index in [4.69, 9.17) is 4.74 Å². The molecule has 3 rings (SSSR count). The van der Waals surface area contributed by atoms with Gasteiger partial charge in [0.25, 0.3) is 5.91 Å². The van der Waals surface area contributed by atoms with Crippen molar-refractivity contribution in [2.45, 2.75) is 6.92 Å². The first-order valence-electron chi connectivity index (χ1n) is 7.09. The summed E-state index contributed by atoms with van der Waals surface area (Å²) in [6, 6.07) is 12.1. The number of hydrogen-bond acceptors (Lipinski definition) is 5. The summed E-state index contributed by atoms with van der Waals surface area (Å²) in [4.78, 5) is 27.2. The summed E-state index contributed by atoms with van der Waals surface area (Å²) in [6.45, 7) is 2.53. The third-order valence-corrected chi connectivity index (χ3v) is 4.13. The number of fused-ring (bicyclic) bond motifs is 1. The smallest absolute Gasteiger partial charge is 0.257 e. The van der Waals surface area contributed by atoms with Gasteiger partial charge in [0, 0.05) is 11.1 Å². The summed E-state index contributed by atoms with van der Waals surface area (Å²) in [5.74, 6) is 0.525. The fourth-order valence-corrected chi connectivity index (χ4v) is 2.99. The summed E-state index contributed by atoms with van der Waals surface area (Å²) < 4.78 is 6.41. The third-order valence-electron chi connectivity index (χ3n) is 3.20. The van der Waals surface area contributed by atoms with Gasteiger partial charge in [0.05, 0.1) is 16.8 Å². The van der Waals surface area contributed by atoms with Gasteiger partial charge in [0.15, 0.2) is 5.13 Å². The maximum Gasteiger partial charge on any atom is 0.257 e. The highest BCUT2D eigenvalue weighted by atomic mass is 32.1. The highest BCUT2D eigenvalue weighted by Crippen LogP contribution is 2.29. The molecule has 1 heterocycles. The molecule has 0 radical (unpaired) electrons. The van der Waals surface area contributed by atoms with Crippen molar-refractivity contribution >= 4 is 38.9 Å². The predicted molar refractivity (Wildman–Crippen MR) is 90.6 cm³/mol. The van der Waals surface area contributed by atoms with Crippen LogP contribution in [0.2, 0.25) is 0 Å². The van der Waals surface area contributed by atoms with E-state index in [1.807, 2.05) is 25.1 Å². The number of carbonyl (C=O) groups excluding carboxylic acids is 2. The molecule has 1 aromatic heterocycles. The van der Waals surface area contributed by atoms with Crippen LogP contribution in [0, 0.1) is 0 Å². The zero-order valence-corrected chi connectivity index (χ0v) is 13.2. The average molecular weight is 326 g/mol. The number of nitrogens with zero attached hydrogens (tertiary/aromatic N) is 1. The minimum atomic E-state index is -0.258. The van der Waals surface area contributed by atoms with Crippen molar-refractivity contribution in [3.63, 3.8) is 0 Å². The van der Waals surface area contributed by atoms with Crippen LogP contribution in [0.15, 0.2) is 42.5 Å². The molecule has 0 aliphatic heterocycles. The van der Waals surface area contributed by atoms with Gasteiger partial charge in [-0.2, -0.15) is 0 Å². The van der Waals surface area contributed by atoms with Crippen LogP contribution in [0.25, 0.3) is 10.2 Å². The lowest BCUT2D eigenvalue weighted by atomic mass is 10.1. The van der Waals surface area contributed by atoms with Crippen molar-refractivity contribution in [3.8, 4) is 5.75 Å². The topological polar surface area (TPSA) is 68.3 Å². The van der Waals surface area contributed by atoms with E-state index in [0.717, 1.165) is 22.3 Å². The highest BCUT2D eigenvalue weighted by molar-refractivity contribution is 7.22. The van der Waals surface area contributed by atoms with Gasteiger partial charge < -0.3 is 4.74 Å². The van der Waals surface area contributed by atoms with E-state index >= 15 is 0 Å². The summed E-state index contributed by atoms with van der Waals surface area (Å²) in [6.07, 6.45) is 0.741. The van der Waals surface area contributed by atoms with E-state index in [1.165, 1.54) is 11.3 Å². The molecule has 0 fully saturated rings. The molecule has 0 unspecified atom stereocenters. The SMILES string of the molecule is CCOc1ccc2nc(NC(=O)c3ccc(C=O)cc3)sc2c1. The van der Waals surface area contributed by atoms with E-state index in [1.54, 1.807) is 24.3 Å². The summed E-state index contributed by atoms with van der Waals surface area (Å²) in [5, 5.41) is 3.30. The number of amides is 1. The van der Waals surface area contributed by atoms with Crippen LogP contribution >= 0.6 is 11.3 Å². The van der Waals surface area contributed by atoms with E-state index in [-0.39, 0.29) is 5.91 Å². The van der Waals surface area contributed by atoms with E-state index in [2.05, 4.69) is 10.3 Å². The molecule has 0 saturated carbocycles. The molecule has 116 valence electrons. The number of anilines is 1. The number of rotatable bonds is 5. The first kappa shape index (κ1) is 15.2.